The van der Waals surface area contributed by atoms with E-state index in [1.165, 1.54) is 4.88 Å². The molecule has 0 aromatic carbocycles. The SMILES string of the molecule is Cc1ncsc1CCC(=O)N[C@@H]1COCC[C@@H]1OCc1cscn1. The van der Waals surface area contributed by atoms with Crippen LogP contribution in [0.4, 0.5) is 0 Å². The summed E-state index contributed by atoms with van der Waals surface area (Å²) in [7, 11) is 0. The Morgan fingerprint density at radius 3 is 3.12 bits per heavy atom. The van der Waals surface area contributed by atoms with Crippen LogP contribution in [-0.2, 0) is 27.3 Å². The molecule has 0 unspecified atom stereocenters. The van der Waals surface area contributed by atoms with Gasteiger partial charge in [-0.2, -0.15) is 0 Å². The highest BCUT2D eigenvalue weighted by atomic mass is 32.1. The van der Waals surface area contributed by atoms with Crippen molar-refractivity contribution in [1.82, 2.24) is 15.3 Å². The van der Waals surface area contributed by atoms with E-state index in [2.05, 4.69) is 15.3 Å². The summed E-state index contributed by atoms with van der Waals surface area (Å²) in [5.74, 6) is 0.0283. The van der Waals surface area contributed by atoms with Gasteiger partial charge in [0.05, 0.1) is 47.8 Å². The molecule has 1 aliphatic heterocycles. The monoisotopic (exact) mass is 367 g/mol. The molecule has 24 heavy (non-hydrogen) atoms. The standard InChI is InChI=1S/C16H21N3O3S2/c1-11-15(24-10-17-11)2-3-16(20)19-13-7-21-5-4-14(13)22-6-12-8-23-9-18-12/h8-10,13-14H,2-7H2,1H3,(H,19,20)/t13-,14+/m1/s1. The Morgan fingerprint density at radius 1 is 1.46 bits per heavy atom. The number of nitrogens with one attached hydrogen (secondary N) is 1. The largest absolute Gasteiger partial charge is 0.379 e. The maximum Gasteiger partial charge on any atom is 0.220 e. The zero-order valence-corrected chi connectivity index (χ0v) is 15.2. The van der Waals surface area contributed by atoms with Crippen molar-refractivity contribution in [1.29, 1.82) is 0 Å². The zero-order valence-electron chi connectivity index (χ0n) is 13.6. The number of thiazole rings is 2. The average Bonchev–Trinajstić information content (AvgIpc) is 3.24. The number of rotatable bonds is 7. The van der Waals surface area contributed by atoms with Gasteiger partial charge >= 0.3 is 0 Å². The normalized spacial score (nSPS) is 20.9. The molecule has 0 bridgehead atoms. The number of carbonyl (C=O) groups excluding carboxylic acids is 1. The molecule has 1 N–H and O–H groups in total. The number of amides is 1. The van der Waals surface area contributed by atoms with E-state index in [4.69, 9.17) is 9.47 Å². The van der Waals surface area contributed by atoms with Crippen LogP contribution < -0.4 is 5.32 Å². The quantitative estimate of drug-likeness (QED) is 0.813. The molecule has 1 saturated heterocycles. The second-order valence-electron chi connectivity index (χ2n) is 5.73. The fourth-order valence-electron chi connectivity index (χ4n) is 2.63. The number of carbonyl (C=O) groups is 1. The highest BCUT2D eigenvalue weighted by Crippen LogP contribution is 2.16. The van der Waals surface area contributed by atoms with Gasteiger partial charge in [0, 0.05) is 23.3 Å². The van der Waals surface area contributed by atoms with Gasteiger partial charge in [-0.15, -0.1) is 22.7 Å². The summed E-state index contributed by atoms with van der Waals surface area (Å²) in [6.45, 7) is 3.60. The summed E-state index contributed by atoms with van der Waals surface area (Å²) >= 11 is 3.15. The summed E-state index contributed by atoms with van der Waals surface area (Å²) in [6, 6.07) is -0.104. The van der Waals surface area contributed by atoms with Gasteiger partial charge in [-0.3, -0.25) is 4.79 Å². The maximum atomic E-state index is 12.2. The number of nitrogens with zero attached hydrogens (tertiary/aromatic N) is 2. The molecule has 0 radical (unpaired) electrons. The van der Waals surface area contributed by atoms with Crippen LogP contribution in [0.5, 0.6) is 0 Å². The average molecular weight is 367 g/mol. The topological polar surface area (TPSA) is 73.3 Å². The van der Waals surface area contributed by atoms with Crippen LogP contribution in [-0.4, -0.2) is 41.2 Å². The Labute approximate surface area is 149 Å². The first-order chi connectivity index (χ1) is 11.7. The van der Waals surface area contributed by atoms with Crippen LogP contribution in [0.25, 0.3) is 0 Å². The van der Waals surface area contributed by atoms with Crippen LogP contribution in [0.3, 0.4) is 0 Å². The van der Waals surface area contributed by atoms with Crippen molar-refractivity contribution in [2.45, 2.75) is 44.9 Å². The second kappa shape index (κ2) is 8.66. The molecule has 6 nitrogen and oxygen atoms in total. The van der Waals surface area contributed by atoms with Crippen molar-refractivity contribution in [2.75, 3.05) is 13.2 Å². The highest BCUT2D eigenvalue weighted by molar-refractivity contribution is 7.09. The van der Waals surface area contributed by atoms with Gasteiger partial charge in [0.2, 0.25) is 5.91 Å². The number of hydrogen-bond donors (Lipinski definition) is 1. The molecule has 130 valence electrons. The van der Waals surface area contributed by atoms with Crippen molar-refractivity contribution in [2.24, 2.45) is 0 Å². The molecule has 2 aromatic heterocycles. The van der Waals surface area contributed by atoms with E-state index in [0.717, 1.165) is 24.2 Å². The van der Waals surface area contributed by atoms with Gasteiger partial charge in [0.1, 0.15) is 0 Å². The third-order valence-corrected chi connectivity index (χ3v) is 5.62. The minimum absolute atomic E-state index is 0.0283. The lowest BCUT2D eigenvalue weighted by Gasteiger charge is -2.32. The summed E-state index contributed by atoms with van der Waals surface area (Å²) in [5.41, 5.74) is 5.55. The lowest BCUT2D eigenvalue weighted by Crippen LogP contribution is -2.50. The summed E-state index contributed by atoms with van der Waals surface area (Å²) in [5, 5.41) is 5.03. The molecule has 3 heterocycles. The molecule has 8 heteroatoms. The number of aromatic nitrogens is 2. The molecule has 1 aliphatic rings. The Balaban J connectivity index is 1.47. The maximum absolute atomic E-state index is 12.2. The van der Waals surface area contributed by atoms with E-state index in [9.17, 15) is 4.79 Å². The Kier molecular flexibility index (Phi) is 6.30. The molecule has 1 fully saturated rings. The smallest absolute Gasteiger partial charge is 0.220 e. The first-order valence-corrected chi connectivity index (χ1v) is 9.79. The lowest BCUT2D eigenvalue weighted by molar-refractivity contribution is -0.126. The van der Waals surface area contributed by atoms with Crippen molar-refractivity contribution in [3.8, 4) is 0 Å². The molecule has 1 amide bonds. The van der Waals surface area contributed by atoms with Crippen LogP contribution >= 0.6 is 22.7 Å². The van der Waals surface area contributed by atoms with Crippen molar-refractivity contribution in [3.05, 3.63) is 32.7 Å². The molecule has 0 saturated carbocycles. The summed E-state index contributed by atoms with van der Waals surface area (Å²) < 4.78 is 11.5. The molecular formula is C16H21N3O3S2. The van der Waals surface area contributed by atoms with E-state index >= 15 is 0 Å². The van der Waals surface area contributed by atoms with Crippen LogP contribution in [0.1, 0.15) is 29.1 Å². The second-order valence-corrected chi connectivity index (χ2v) is 7.39. The minimum Gasteiger partial charge on any atom is -0.379 e. The molecule has 0 aliphatic carbocycles. The van der Waals surface area contributed by atoms with Crippen LogP contribution in [0.2, 0.25) is 0 Å². The molecule has 0 spiro atoms. The highest BCUT2D eigenvalue weighted by Gasteiger charge is 2.28. The van der Waals surface area contributed by atoms with E-state index < -0.39 is 0 Å². The first-order valence-electron chi connectivity index (χ1n) is 7.97. The fourth-order valence-corrected chi connectivity index (χ4v) is 3.95. The summed E-state index contributed by atoms with van der Waals surface area (Å²) in [4.78, 5) is 21.9. The van der Waals surface area contributed by atoms with Gasteiger partial charge in [-0.05, 0) is 19.8 Å². The lowest BCUT2D eigenvalue weighted by atomic mass is 10.1. The van der Waals surface area contributed by atoms with Gasteiger partial charge in [0.25, 0.3) is 0 Å². The first kappa shape index (κ1) is 17.5. The van der Waals surface area contributed by atoms with Gasteiger partial charge in [0.15, 0.2) is 0 Å². The predicted octanol–water partition coefficient (Wildman–Crippen LogP) is 2.33. The van der Waals surface area contributed by atoms with Crippen LogP contribution in [0, 0.1) is 6.92 Å². The van der Waals surface area contributed by atoms with Gasteiger partial charge in [-0.1, -0.05) is 0 Å². The fraction of sp³-hybridized carbons (Fsp3) is 0.562. The molecule has 2 atom stereocenters. The number of hydrogen-bond acceptors (Lipinski definition) is 7. The van der Waals surface area contributed by atoms with E-state index in [0.29, 0.717) is 26.2 Å². The predicted molar refractivity (Wildman–Crippen MR) is 93.2 cm³/mol. The number of aryl methyl sites for hydroxylation is 2. The number of ether oxygens (including phenoxy) is 2. The Morgan fingerprint density at radius 2 is 2.38 bits per heavy atom. The third kappa shape index (κ3) is 4.83. The minimum atomic E-state index is -0.104. The molecular weight excluding hydrogens is 346 g/mol. The van der Waals surface area contributed by atoms with Crippen LogP contribution in [0.15, 0.2) is 16.4 Å². The third-order valence-electron chi connectivity index (χ3n) is 3.99. The molecule has 2 aromatic rings. The Hall–Kier alpha value is -1.35. The van der Waals surface area contributed by atoms with Crippen molar-refractivity contribution < 1.29 is 14.3 Å². The van der Waals surface area contributed by atoms with E-state index in [1.54, 1.807) is 28.2 Å². The Bertz CT molecular complexity index is 645. The summed E-state index contributed by atoms with van der Waals surface area (Å²) in [6.07, 6.45) is 1.93. The molecule has 3 rings (SSSR count). The zero-order chi connectivity index (χ0) is 16.8. The van der Waals surface area contributed by atoms with E-state index in [-0.39, 0.29) is 18.1 Å². The van der Waals surface area contributed by atoms with Gasteiger partial charge < -0.3 is 14.8 Å². The van der Waals surface area contributed by atoms with Gasteiger partial charge in [-0.25, -0.2) is 9.97 Å². The van der Waals surface area contributed by atoms with E-state index in [1.807, 2.05) is 17.8 Å². The van der Waals surface area contributed by atoms with Crippen molar-refractivity contribution >= 4 is 28.6 Å². The van der Waals surface area contributed by atoms with Crippen molar-refractivity contribution in [3.63, 3.8) is 0 Å².